The van der Waals surface area contributed by atoms with Crippen LogP contribution in [0.2, 0.25) is 5.02 Å². The summed E-state index contributed by atoms with van der Waals surface area (Å²) in [6.07, 6.45) is 0.355. The van der Waals surface area contributed by atoms with Crippen LogP contribution in [0.15, 0.2) is 53.9 Å². The van der Waals surface area contributed by atoms with E-state index in [1.165, 1.54) is 19.6 Å². The van der Waals surface area contributed by atoms with Crippen molar-refractivity contribution in [2.45, 2.75) is 19.0 Å². The van der Waals surface area contributed by atoms with Crippen molar-refractivity contribution < 1.29 is 28.7 Å². The normalized spacial score (nSPS) is 11.2. The Kier molecular flexibility index (Phi) is 9.37. The summed E-state index contributed by atoms with van der Waals surface area (Å²) in [6.45, 7) is 0.0571. The zero-order valence-electron chi connectivity index (χ0n) is 19.4. The molecule has 1 heterocycles. The number of hydrogen-bond donors (Lipinski definition) is 2. The van der Waals surface area contributed by atoms with Gasteiger partial charge in [-0.15, -0.1) is 11.3 Å². The maximum absolute atomic E-state index is 13.2. The molecule has 0 aliphatic heterocycles. The molecule has 0 saturated heterocycles. The standard InChI is InChI=1S/C24H23ClN4O6S/c1-34-20-9-8-16(10-17(20)25)12-26-24(33)29(14-30)19(11-15-6-4-3-5-7-15)21(31)28-23-27-18(13-36-23)22(32)35-2/h3-10,13-14,19H,11-12H2,1-2H3,(H,26,33)(H,27,28,31)/t19-/m0/s1. The molecule has 0 aliphatic rings. The van der Waals surface area contributed by atoms with Gasteiger partial charge in [0.1, 0.15) is 11.8 Å². The average molecular weight is 531 g/mol. The Morgan fingerprint density at radius 1 is 1.14 bits per heavy atom. The van der Waals surface area contributed by atoms with Crippen molar-refractivity contribution in [2.24, 2.45) is 0 Å². The predicted molar refractivity (Wildman–Crippen MR) is 134 cm³/mol. The van der Waals surface area contributed by atoms with Crippen LogP contribution < -0.4 is 15.4 Å². The van der Waals surface area contributed by atoms with E-state index in [4.69, 9.17) is 16.3 Å². The van der Waals surface area contributed by atoms with Gasteiger partial charge in [0.15, 0.2) is 10.8 Å². The molecule has 0 radical (unpaired) electrons. The van der Waals surface area contributed by atoms with Gasteiger partial charge in [0.2, 0.25) is 12.3 Å². The summed E-state index contributed by atoms with van der Waals surface area (Å²) in [7, 11) is 2.71. The predicted octanol–water partition coefficient (Wildman–Crippen LogP) is 3.51. The first-order chi connectivity index (χ1) is 17.4. The molecule has 0 spiro atoms. The number of rotatable bonds is 10. The number of benzene rings is 2. The summed E-state index contributed by atoms with van der Waals surface area (Å²) in [5.74, 6) is -0.821. The summed E-state index contributed by atoms with van der Waals surface area (Å²) in [5.41, 5.74) is 1.43. The van der Waals surface area contributed by atoms with Crippen molar-refractivity contribution in [3.05, 3.63) is 75.8 Å². The fourth-order valence-electron chi connectivity index (χ4n) is 3.22. The quantitative estimate of drug-likeness (QED) is 0.303. The van der Waals surface area contributed by atoms with Gasteiger partial charge in [-0.05, 0) is 23.3 Å². The van der Waals surface area contributed by atoms with E-state index in [1.807, 2.05) is 6.07 Å². The van der Waals surface area contributed by atoms with E-state index in [9.17, 15) is 19.2 Å². The van der Waals surface area contributed by atoms with Gasteiger partial charge in [-0.3, -0.25) is 14.5 Å². The van der Waals surface area contributed by atoms with Crippen LogP contribution in [-0.4, -0.2) is 54.5 Å². The third kappa shape index (κ3) is 6.80. The molecule has 2 aromatic carbocycles. The molecule has 4 amide bonds. The first-order valence-corrected chi connectivity index (χ1v) is 11.8. The van der Waals surface area contributed by atoms with Crippen molar-refractivity contribution in [1.29, 1.82) is 0 Å². The van der Waals surface area contributed by atoms with E-state index in [0.717, 1.165) is 21.8 Å². The van der Waals surface area contributed by atoms with Gasteiger partial charge < -0.3 is 20.1 Å². The van der Waals surface area contributed by atoms with E-state index >= 15 is 0 Å². The number of thiazole rings is 1. The van der Waals surface area contributed by atoms with Crippen molar-refractivity contribution in [2.75, 3.05) is 19.5 Å². The Balaban J connectivity index is 1.78. The number of esters is 1. The number of methoxy groups -OCH3 is 2. The molecule has 0 saturated carbocycles. The number of imide groups is 1. The van der Waals surface area contributed by atoms with Gasteiger partial charge in [0, 0.05) is 18.3 Å². The van der Waals surface area contributed by atoms with Gasteiger partial charge >= 0.3 is 12.0 Å². The monoisotopic (exact) mass is 530 g/mol. The number of halogens is 1. The first kappa shape index (κ1) is 26.6. The summed E-state index contributed by atoms with van der Waals surface area (Å²) in [4.78, 5) is 54.6. The smallest absolute Gasteiger partial charge is 0.357 e. The van der Waals surface area contributed by atoms with Crippen LogP contribution in [0.5, 0.6) is 5.75 Å². The average Bonchev–Trinajstić information content (AvgIpc) is 3.36. The maximum Gasteiger partial charge on any atom is 0.357 e. The molecule has 2 N–H and O–H groups in total. The number of nitrogens with one attached hydrogen (secondary N) is 2. The summed E-state index contributed by atoms with van der Waals surface area (Å²) < 4.78 is 9.74. The minimum atomic E-state index is -1.20. The zero-order valence-corrected chi connectivity index (χ0v) is 21.0. The van der Waals surface area contributed by atoms with Crippen LogP contribution in [0.3, 0.4) is 0 Å². The highest BCUT2D eigenvalue weighted by atomic mass is 35.5. The molecule has 1 atom stereocenters. The number of anilines is 1. The van der Waals surface area contributed by atoms with Gasteiger partial charge in [-0.2, -0.15) is 0 Å². The van der Waals surface area contributed by atoms with Crippen LogP contribution in [0, 0.1) is 0 Å². The van der Waals surface area contributed by atoms with Crippen LogP contribution >= 0.6 is 22.9 Å². The minimum absolute atomic E-state index is 0.0283. The molecule has 12 heteroatoms. The van der Waals surface area contributed by atoms with E-state index in [0.29, 0.717) is 22.7 Å². The van der Waals surface area contributed by atoms with E-state index in [1.54, 1.807) is 42.5 Å². The minimum Gasteiger partial charge on any atom is -0.495 e. The van der Waals surface area contributed by atoms with E-state index < -0.39 is 23.9 Å². The molecule has 3 rings (SSSR count). The second kappa shape index (κ2) is 12.7. The third-order valence-corrected chi connectivity index (χ3v) is 6.10. The molecule has 10 nitrogen and oxygen atoms in total. The van der Waals surface area contributed by atoms with Crippen molar-refractivity contribution in [3.63, 3.8) is 0 Å². The Morgan fingerprint density at radius 3 is 2.53 bits per heavy atom. The topological polar surface area (TPSA) is 127 Å². The Hall–Kier alpha value is -3.96. The Labute approximate surface area is 216 Å². The fraction of sp³-hybridized carbons (Fsp3) is 0.208. The molecule has 0 bridgehead atoms. The zero-order chi connectivity index (χ0) is 26.1. The molecule has 0 unspecified atom stereocenters. The second-order valence-corrected chi connectivity index (χ2v) is 8.63. The van der Waals surface area contributed by atoms with E-state index in [-0.39, 0.29) is 23.8 Å². The lowest BCUT2D eigenvalue weighted by Crippen LogP contribution is -2.51. The molecule has 188 valence electrons. The number of urea groups is 1. The van der Waals surface area contributed by atoms with E-state index in [2.05, 4.69) is 20.4 Å². The number of amides is 4. The molecule has 3 aromatic rings. The van der Waals surface area contributed by atoms with Gasteiger partial charge in [-0.1, -0.05) is 48.0 Å². The Morgan fingerprint density at radius 2 is 1.89 bits per heavy atom. The molecular formula is C24H23ClN4O6S. The molecule has 1 aromatic heterocycles. The lowest BCUT2D eigenvalue weighted by molar-refractivity contribution is -0.127. The van der Waals surface area contributed by atoms with Crippen LogP contribution in [0.4, 0.5) is 9.93 Å². The largest absolute Gasteiger partial charge is 0.495 e. The highest BCUT2D eigenvalue weighted by Crippen LogP contribution is 2.25. The van der Waals surface area contributed by atoms with Crippen LogP contribution in [0.1, 0.15) is 21.6 Å². The SMILES string of the molecule is COC(=O)c1csc(NC(=O)[C@H](Cc2ccccc2)N(C=O)C(=O)NCc2ccc(OC)c(Cl)c2)n1. The lowest BCUT2D eigenvalue weighted by Gasteiger charge is -2.26. The first-order valence-electron chi connectivity index (χ1n) is 10.6. The molecular weight excluding hydrogens is 508 g/mol. The second-order valence-electron chi connectivity index (χ2n) is 7.36. The van der Waals surface area contributed by atoms with Crippen LogP contribution in [-0.2, 0) is 27.3 Å². The van der Waals surface area contributed by atoms with Gasteiger partial charge in [-0.25, -0.2) is 14.6 Å². The molecule has 0 aliphatic carbocycles. The fourth-order valence-corrected chi connectivity index (χ4v) is 4.19. The van der Waals surface area contributed by atoms with Gasteiger partial charge in [0.05, 0.1) is 19.2 Å². The third-order valence-electron chi connectivity index (χ3n) is 5.05. The maximum atomic E-state index is 13.2. The van der Waals surface area contributed by atoms with Gasteiger partial charge in [0.25, 0.3) is 0 Å². The highest BCUT2D eigenvalue weighted by molar-refractivity contribution is 7.14. The van der Waals surface area contributed by atoms with Crippen molar-refractivity contribution in [1.82, 2.24) is 15.2 Å². The lowest BCUT2D eigenvalue weighted by atomic mass is 10.0. The number of aromatic nitrogens is 1. The number of ether oxygens (including phenoxy) is 2. The van der Waals surface area contributed by atoms with Crippen molar-refractivity contribution >= 4 is 52.4 Å². The molecule has 0 fully saturated rings. The number of carbonyl (C=O) groups is 4. The Bertz CT molecular complexity index is 1240. The summed E-state index contributed by atoms with van der Waals surface area (Å²) >= 11 is 7.14. The number of carbonyl (C=O) groups excluding carboxylic acids is 4. The summed E-state index contributed by atoms with van der Waals surface area (Å²) in [5, 5.41) is 7.12. The summed E-state index contributed by atoms with van der Waals surface area (Å²) in [6, 6.07) is 12.0. The number of hydrogen-bond acceptors (Lipinski definition) is 8. The molecule has 36 heavy (non-hydrogen) atoms. The van der Waals surface area contributed by atoms with Crippen molar-refractivity contribution in [3.8, 4) is 5.75 Å². The number of nitrogens with zero attached hydrogens (tertiary/aromatic N) is 2. The highest BCUT2D eigenvalue weighted by Gasteiger charge is 2.31. The van der Waals surface area contributed by atoms with Crippen LogP contribution in [0.25, 0.3) is 0 Å².